The summed E-state index contributed by atoms with van der Waals surface area (Å²) in [4.78, 5) is 11.4. The second-order valence-corrected chi connectivity index (χ2v) is 5.45. The van der Waals surface area contributed by atoms with Crippen molar-refractivity contribution in [1.82, 2.24) is 0 Å². The number of esters is 1. The Hall–Kier alpha value is -0.840. The molecule has 0 atom stereocenters. The van der Waals surface area contributed by atoms with Crippen molar-refractivity contribution in [3.05, 3.63) is 23.8 Å². The van der Waals surface area contributed by atoms with Gasteiger partial charge in [0.25, 0.3) is 0 Å². The molecular formula is C9H7Cl3O4. The molecule has 0 aromatic heterocycles. The minimum Gasteiger partial charge on any atom is -0.508 e. The number of hydrogen-bond acceptors (Lipinski definition) is 4. The van der Waals surface area contributed by atoms with Gasteiger partial charge in [-0.1, -0.05) is 34.8 Å². The Balaban J connectivity index is 2.73. The molecule has 7 heteroatoms. The zero-order valence-corrected chi connectivity index (χ0v) is 10.1. The summed E-state index contributed by atoms with van der Waals surface area (Å²) in [6.07, 6.45) is 0. The van der Waals surface area contributed by atoms with E-state index in [1.54, 1.807) is 0 Å². The van der Waals surface area contributed by atoms with E-state index in [9.17, 15) is 4.79 Å². The van der Waals surface area contributed by atoms with Crippen LogP contribution in [0.15, 0.2) is 18.2 Å². The minimum atomic E-state index is -1.70. The Morgan fingerprint density at radius 2 is 1.69 bits per heavy atom. The molecule has 0 spiro atoms. The lowest BCUT2D eigenvalue weighted by Crippen LogP contribution is -2.17. The van der Waals surface area contributed by atoms with Gasteiger partial charge < -0.3 is 14.9 Å². The van der Waals surface area contributed by atoms with Crippen molar-refractivity contribution in [2.24, 2.45) is 0 Å². The van der Waals surface area contributed by atoms with E-state index in [0.29, 0.717) is 0 Å². The van der Waals surface area contributed by atoms with Crippen molar-refractivity contribution < 1.29 is 19.7 Å². The number of carbonyl (C=O) groups excluding carboxylic acids is 1. The largest absolute Gasteiger partial charge is 0.508 e. The number of ether oxygens (including phenoxy) is 1. The number of aromatic hydroxyl groups is 2. The van der Waals surface area contributed by atoms with Crippen LogP contribution >= 0.6 is 34.8 Å². The Bertz CT molecular complexity index is 380. The van der Waals surface area contributed by atoms with E-state index in [0.717, 1.165) is 18.2 Å². The minimum absolute atomic E-state index is 0.0354. The lowest BCUT2D eigenvalue weighted by molar-refractivity contribution is 0.0511. The average Bonchev–Trinajstić information content (AvgIpc) is 2.11. The number of hydrogen-bond donors (Lipinski definition) is 2. The van der Waals surface area contributed by atoms with Crippen LogP contribution < -0.4 is 0 Å². The van der Waals surface area contributed by atoms with Crippen LogP contribution in [-0.4, -0.2) is 26.6 Å². The van der Waals surface area contributed by atoms with Gasteiger partial charge in [-0.2, -0.15) is 0 Å². The predicted molar refractivity (Wildman–Crippen MR) is 60.3 cm³/mol. The molecule has 88 valence electrons. The molecule has 0 aliphatic rings. The van der Waals surface area contributed by atoms with Crippen LogP contribution in [0.25, 0.3) is 0 Å². The number of phenolic OH excluding ortho intramolecular Hbond substituents is 2. The Labute approximate surface area is 106 Å². The second kappa shape index (κ2) is 4.99. The first-order valence-corrected chi connectivity index (χ1v) is 5.18. The number of benzene rings is 1. The molecule has 1 aromatic rings. The first-order valence-electron chi connectivity index (χ1n) is 4.05. The van der Waals surface area contributed by atoms with Gasteiger partial charge in [0, 0.05) is 6.07 Å². The second-order valence-electron chi connectivity index (χ2n) is 2.93. The maximum atomic E-state index is 11.4. The lowest BCUT2D eigenvalue weighted by Gasteiger charge is -2.11. The van der Waals surface area contributed by atoms with Crippen molar-refractivity contribution in [1.29, 1.82) is 0 Å². The quantitative estimate of drug-likeness (QED) is 0.647. The SMILES string of the molecule is O=C(OCC(Cl)(Cl)Cl)c1cc(O)cc(O)c1. The zero-order chi connectivity index (χ0) is 12.3. The fourth-order valence-corrected chi connectivity index (χ4v) is 1.11. The molecule has 1 aromatic carbocycles. The normalized spacial score (nSPS) is 11.2. The molecule has 0 saturated heterocycles. The van der Waals surface area contributed by atoms with Gasteiger partial charge in [0.05, 0.1) is 5.56 Å². The smallest absolute Gasteiger partial charge is 0.338 e. The fourth-order valence-electron chi connectivity index (χ4n) is 0.944. The maximum absolute atomic E-state index is 11.4. The lowest BCUT2D eigenvalue weighted by atomic mass is 10.2. The molecule has 0 bridgehead atoms. The van der Waals surface area contributed by atoms with Gasteiger partial charge in [-0.3, -0.25) is 0 Å². The fraction of sp³-hybridized carbons (Fsp3) is 0.222. The van der Waals surface area contributed by atoms with E-state index in [4.69, 9.17) is 45.0 Å². The summed E-state index contributed by atoms with van der Waals surface area (Å²) in [5.41, 5.74) is -0.0354. The van der Waals surface area contributed by atoms with E-state index in [2.05, 4.69) is 4.74 Å². The van der Waals surface area contributed by atoms with Gasteiger partial charge in [0.15, 0.2) is 0 Å². The van der Waals surface area contributed by atoms with Gasteiger partial charge in [-0.15, -0.1) is 0 Å². The van der Waals surface area contributed by atoms with Crippen LogP contribution in [0.1, 0.15) is 10.4 Å². The first-order chi connectivity index (χ1) is 7.28. The van der Waals surface area contributed by atoms with E-state index in [1.807, 2.05) is 0 Å². The number of rotatable bonds is 2. The number of carbonyl (C=O) groups is 1. The number of halogens is 3. The molecule has 0 amide bonds. The molecule has 2 N–H and O–H groups in total. The van der Waals surface area contributed by atoms with Gasteiger partial charge >= 0.3 is 5.97 Å². The number of alkyl halides is 3. The molecular weight excluding hydrogens is 278 g/mol. The van der Waals surface area contributed by atoms with Crippen LogP contribution in [0.4, 0.5) is 0 Å². The van der Waals surface area contributed by atoms with E-state index < -0.39 is 16.4 Å². The molecule has 1 rings (SSSR count). The molecule has 0 aliphatic heterocycles. The highest BCUT2D eigenvalue weighted by molar-refractivity contribution is 6.67. The highest BCUT2D eigenvalue weighted by Crippen LogP contribution is 2.27. The molecule has 0 heterocycles. The molecule has 0 saturated carbocycles. The maximum Gasteiger partial charge on any atom is 0.338 e. The van der Waals surface area contributed by atoms with E-state index in [-0.39, 0.29) is 17.1 Å². The highest BCUT2D eigenvalue weighted by atomic mass is 35.6. The average molecular weight is 286 g/mol. The van der Waals surface area contributed by atoms with Crippen LogP contribution in [0.2, 0.25) is 0 Å². The van der Waals surface area contributed by atoms with E-state index >= 15 is 0 Å². The van der Waals surface area contributed by atoms with Gasteiger partial charge in [0.1, 0.15) is 18.1 Å². The van der Waals surface area contributed by atoms with Crippen molar-refractivity contribution in [2.45, 2.75) is 3.79 Å². The summed E-state index contributed by atoms with van der Waals surface area (Å²) in [5.74, 6) is -1.33. The van der Waals surface area contributed by atoms with Crippen molar-refractivity contribution >= 4 is 40.8 Å². The summed E-state index contributed by atoms with van der Waals surface area (Å²) in [6, 6.07) is 3.33. The van der Waals surface area contributed by atoms with Gasteiger partial charge in [0.2, 0.25) is 3.79 Å². The summed E-state index contributed by atoms with van der Waals surface area (Å²) >= 11 is 16.1. The molecule has 4 nitrogen and oxygen atoms in total. The van der Waals surface area contributed by atoms with Crippen LogP contribution in [-0.2, 0) is 4.74 Å². The molecule has 0 aliphatic carbocycles. The number of phenols is 2. The van der Waals surface area contributed by atoms with Crippen LogP contribution in [0.5, 0.6) is 11.5 Å². The third-order valence-corrected chi connectivity index (χ3v) is 1.83. The molecule has 0 radical (unpaired) electrons. The van der Waals surface area contributed by atoms with E-state index in [1.165, 1.54) is 0 Å². The first kappa shape index (κ1) is 13.2. The van der Waals surface area contributed by atoms with Crippen molar-refractivity contribution in [3.8, 4) is 11.5 Å². The standard InChI is InChI=1S/C9H7Cl3O4/c10-9(11,12)4-16-8(15)5-1-6(13)3-7(14)2-5/h1-3,13-14H,4H2. The zero-order valence-electron chi connectivity index (χ0n) is 7.78. The summed E-state index contributed by atoms with van der Waals surface area (Å²) in [5, 5.41) is 18.2. The van der Waals surface area contributed by atoms with Crippen molar-refractivity contribution in [3.63, 3.8) is 0 Å². The van der Waals surface area contributed by atoms with Gasteiger partial charge in [-0.25, -0.2) is 4.79 Å². The topological polar surface area (TPSA) is 66.8 Å². The molecule has 0 unspecified atom stereocenters. The predicted octanol–water partition coefficient (Wildman–Crippen LogP) is 2.62. The Morgan fingerprint density at radius 1 is 1.19 bits per heavy atom. The third-order valence-electron chi connectivity index (χ3n) is 1.51. The Morgan fingerprint density at radius 3 is 2.12 bits per heavy atom. The summed E-state index contributed by atoms with van der Waals surface area (Å²) < 4.78 is 2.95. The monoisotopic (exact) mass is 284 g/mol. The summed E-state index contributed by atoms with van der Waals surface area (Å²) in [7, 11) is 0. The van der Waals surface area contributed by atoms with Gasteiger partial charge in [-0.05, 0) is 12.1 Å². The van der Waals surface area contributed by atoms with Crippen LogP contribution in [0, 0.1) is 0 Å². The third kappa shape index (κ3) is 4.35. The summed E-state index contributed by atoms with van der Waals surface area (Å²) in [6.45, 7) is -0.424. The van der Waals surface area contributed by atoms with Crippen molar-refractivity contribution in [2.75, 3.05) is 6.61 Å². The Kier molecular flexibility index (Phi) is 4.13. The van der Waals surface area contributed by atoms with Crippen LogP contribution in [0.3, 0.4) is 0 Å². The molecule has 0 fully saturated rings. The molecule has 16 heavy (non-hydrogen) atoms. The highest BCUT2D eigenvalue weighted by Gasteiger charge is 2.22.